The van der Waals surface area contributed by atoms with Gasteiger partial charge in [0.25, 0.3) is 12.7 Å². The highest BCUT2D eigenvalue weighted by Gasteiger charge is 2.22. The van der Waals surface area contributed by atoms with E-state index in [1.165, 1.54) is 0 Å². The van der Waals surface area contributed by atoms with E-state index in [0.717, 1.165) is 11.6 Å². The number of rotatable bonds is 2. The Kier molecular flexibility index (Phi) is 3.82. The third-order valence-corrected chi connectivity index (χ3v) is 4.07. The summed E-state index contributed by atoms with van der Waals surface area (Å²) in [5.74, 6) is 1.82. The minimum absolute atomic E-state index is 0.0571. The Bertz CT molecular complexity index is 776. The van der Waals surface area contributed by atoms with Crippen LogP contribution >= 0.6 is 0 Å². The van der Waals surface area contributed by atoms with Gasteiger partial charge in [-0.25, -0.2) is 9.13 Å². The van der Waals surface area contributed by atoms with Crippen LogP contribution in [0.4, 0.5) is 0 Å². The van der Waals surface area contributed by atoms with Gasteiger partial charge in [0.1, 0.15) is 35.9 Å². The molecule has 3 heterocycles. The summed E-state index contributed by atoms with van der Waals surface area (Å²) >= 11 is 0. The molecule has 0 saturated heterocycles. The largest absolute Gasteiger partial charge is 0.250 e. The van der Waals surface area contributed by atoms with Gasteiger partial charge in [-0.1, -0.05) is 6.07 Å². The van der Waals surface area contributed by atoms with Crippen LogP contribution in [-0.2, 0) is 11.1 Å². The van der Waals surface area contributed by atoms with E-state index in [2.05, 4.69) is 84.9 Å². The maximum atomic E-state index is 4.80. The molecule has 0 N–H and O–H groups in total. The molecule has 24 heavy (non-hydrogen) atoms. The second-order valence-electron chi connectivity index (χ2n) is 8.15. The fourth-order valence-corrected chi connectivity index (χ4v) is 2.47. The highest BCUT2D eigenvalue weighted by molar-refractivity contribution is 5.31. The molecule has 3 rings (SSSR count). The molecule has 126 valence electrons. The number of imidazole rings is 2. The molecular formula is C19H27N5+2. The lowest BCUT2D eigenvalue weighted by Gasteiger charge is -2.13. The quantitative estimate of drug-likeness (QED) is 0.667. The molecule has 0 aliphatic rings. The van der Waals surface area contributed by atoms with Crippen LogP contribution in [0.15, 0.2) is 55.6 Å². The predicted octanol–water partition coefficient (Wildman–Crippen LogP) is 2.75. The maximum absolute atomic E-state index is 4.80. The first-order chi connectivity index (χ1) is 11.1. The van der Waals surface area contributed by atoms with Crippen LogP contribution in [-0.4, -0.2) is 14.1 Å². The van der Waals surface area contributed by atoms with Crippen LogP contribution in [0.5, 0.6) is 0 Å². The third kappa shape index (κ3) is 3.25. The van der Waals surface area contributed by atoms with Crippen molar-refractivity contribution in [1.29, 1.82) is 0 Å². The summed E-state index contributed by atoms with van der Waals surface area (Å²) in [6, 6.07) is 6.09. The fourth-order valence-electron chi connectivity index (χ4n) is 2.47. The second-order valence-corrected chi connectivity index (χ2v) is 8.15. The first-order valence-electron chi connectivity index (χ1n) is 8.32. The Hall–Kier alpha value is -2.43. The van der Waals surface area contributed by atoms with Crippen molar-refractivity contribution in [1.82, 2.24) is 14.1 Å². The number of nitrogens with zero attached hydrogens (tertiary/aromatic N) is 5. The molecule has 5 nitrogen and oxygen atoms in total. The first kappa shape index (κ1) is 16.4. The van der Waals surface area contributed by atoms with E-state index < -0.39 is 0 Å². The second kappa shape index (κ2) is 5.58. The lowest BCUT2D eigenvalue weighted by molar-refractivity contribution is -0.753. The molecule has 0 bridgehead atoms. The van der Waals surface area contributed by atoms with Crippen molar-refractivity contribution < 1.29 is 9.13 Å². The van der Waals surface area contributed by atoms with Crippen LogP contribution in [0.3, 0.4) is 0 Å². The Labute approximate surface area is 143 Å². The highest BCUT2D eigenvalue weighted by Crippen LogP contribution is 2.11. The van der Waals surface area contributed by atoms with Gasteiger partial charge in [-0.15, -0.1) is 0 Å². The van der Waals surface area contributed by atoms with Gasteiger partial charge in [0.05, 0.1) is 0 Å². The highest BCUT2D eigenvalue weighted by atomic mass is 15.2. The zero-order valence-electron chi connectivity index (χ0n) is 15.4. The van der Waals surface area contributed by atoms with E-state index in [9.17, 15) is 0 Å². The van der Waals surface area contributed by atoms with Crippen molar-refractivity contribution in [2.45, 2.75) is 52.6 Å². The third-order valence-electron chi connectivity index (χ3n) is 4.07. The predicted molar refractivity (Wildman–Crippen MR) is 93.3 cm³/mol. The lowest BCUT2D eigenvalue weighted by Crippen LogP contribution is -2.48. The van der Waals surface area contributed by atoms with Crippen molar-refractivity contribution in [3.05, 3.63) is 55.6 Å². The number of pyridine rings is 1. The first-order valence-corrected chi connectivity index (χ1v) is 8.32. The summed E-state index contributed by atoms with van der Waals surface area (Å²) in [5, 5.41) is 0. The fraction of sp³-hybridized carbons (Fsp3) is 0.421. The Morgan fingerprint density at radius 1 is 0.750 bits per heavy atom. The summed E-state index contributed by atoms with van der Waals surface area (Å²) in [6.07, 6.45) is 12.4. The van der Waals surface area contributed by atoms with Crippen LogP contribution in [0, 0.1) is 0 Å². The van der Waals surface area contributed by atoms with Crippen molar-refractivity contribution in [2.24, 2.45) is 0 Å². The summed E-state index contributed by atoms with van der Waals surface area (Å²) in [4.78, 5) is 4.80. The van der Waals surface area contributed by atoms with Gasteiger partial charge in [0, 0.05) is 12.1 Å². The molecule has 3 aromatic heterocycles. The molecule has 0 saturated carbocycles. The number of hydrogen-bond donors (Lipinski definition) is 0. The molecule has 0 aliphatic carbocycles. The van der Waals surface area contributed by atoms with Gasteiger partial charge < -0.3 is 0 Å². The van der Waals surface area contributed by atoms with Crippen LogP contribution in [0.1, 0.15) is 41.5 Å². The molecule has 0 amide bonds. The Morgan fingerprint density at radius 3 is 1.50 bits per heavy atom. The molecule has 3 aromatic rings. The number of aromatic nitrogens is 5. The molecule has 0 unspecified atom stereocenters. The molecule has 5 heteroatoms. The molecule has 0 aliphatic heterocycles. The van der Waals surface area contributed by atoms with E-state index in [0.29, 0.717) is 0 Å². The van der Waals surface area contributed by atoms with Gasteiger partial charge >= 0.3 is 0 Å². The minimum atomic E-state index is 0.0571. The maximum Gasteiger partial charge on any atom is 0.250 e. The van der Waals surface area contributed by atoms with Crippen LogP contribution in [0.25, 0.3) is 11.6 Å². The van der Waals surface area contributed by atoms with Gasteiger partial charge in [-0.3, -0.25) is 0 Å². The monoisotopic (exact) mass is 325 g/mol. The lowest BCUT2D eigenvalue weighted by atomic mass is 10.1. The SMILES string of the molecule is CC(C)(C)[n+]1ccn(-c2cccc(-n3cc[n+](C(C)(C)C)c3)n2)c1. The van der Waals surface area contributed by atoms with E-state index in [1.807, 2.05) is 30.6 Å². The summed E-state index contributed by atoms with van der Waals surface area (Å²) in [7, 11) is 0. The molecular weight excluding hydrogens is 298 g/mol. The standard InChI is InChI=1S/C19H27N5/c1-18(2,3)23-12-10-21(14-23)16-8-7-9-17(20-16)22-11-13-24(15-22)19(4,5)6/h7-15H,1-6H3/q+2. The molecule has 0 atom stereocenters. The normalized spacial score (nSPS) is 12.6. The van der Waals surface area contributed by atoms with Gasteiger partial charge in [0.15, 0.2) is 0 Å². The average Bonchev–Trinajstić information content (AvgIpc) is 3.16. The van der Waals surface area contributed by atoms with Crippen LogP contribution in [0.2, 0.25) is 0 Å². The topological polar surface area (TPSA) is 30.5 Å². The summed E-state index contributed by atoms with van der Waals surface area (Å²) in [5.41, 5.74) is 0.114. The van der Waals surface area contributed by atoms with Crippen molar-refractivity contribution >= 4 is 0 Å². The number of hydrogen-bond acceptors (Lipinski definition) is 1. The van der Waals surface area contributed by atoms with E-state index >= 15 is 0 Å². The van der Waals surface area contributed by atoms with Crippen molar-refractivity contribution in [3.8, 4) is 11.6 Å². The molecule has 0 aromatic carbocycles. The zero-order chi connectivity index (χ0) is 17.5. The van der Waals surface area contributed by atoms with Crippen molar-refractivity contribution in [3.63, 3.8) is 0 Å². The summed E-state index contributed by atoms with van der Waals surface area (Å²) < 4.78 is 8.47. The summed E-state index contributed by atoms with van der Waals surface area (Å²) in [6.45, 7) is 13.1. The minimum Gasteiger partial charge on any atom is -0.232 e. The van der Waals surface area contributed by atoms with Crippen molar-refractivity contribution in [2.75, 3.05) is 0 Å². The molecule has 0 fully saturated rings. The van der Waals surface area contributed by atoms with E-state index in [-0.39, 0.29) is 11.1 Å². The zero-order valence-corrected chi connectivity index (χ0v) is 15.4. The van der Waals surface area contributed by atoms with E-state index in [1.54, 1.807) is 0 Å². The molecule has 0 spiro atoms. The van der Waals surface area contributed by atoms with Gasteiger partial charge in [-0.2, -0.15) is 14.1 Å². The van der Waals surface area contributed by atoms with E-state index in [4.69, 9.17) is 4.98 Å². The van der Waals surface area contributed by atoms with Gasteiger partial charge in [0.2, 0.25) is 11.6 Å². The molecule has 0 radical (unpaired) electrons. The van der Waals surface area contributed by atoms with Gasteiger partial charge in [-0.05, 0) is 41.5 Å². The van der Waals surface area contributed by atoms with Crippen LogP contribution < -0.4 is 9.13 Å². The smallest absolute Gasteiger partial charge is 0.232 e. The average molecular weight is 325 g/mol. The Morgan fingerprint density at radius 2 is 1.17 bits per heavy atom. The Balaban J connectivity index is 1.95.